The molecule has 0 aliphatic carbocycles. The molecule has 0 atom stereocenters. The van der Waals surface area contributed by atoms with E-state index in [4.69, 9.17) is 9.97 Å². The Kier molecular flexibility index (Phi) is 9.27. The summed E-state index contributed by atoms with van der Waals surface area (Å²) in [5.41, 5.74) is 20.6. The molecule has 3 N–H and O–H groups in total. The van der Waals surface area contributed by atoms with Crippen molar-refractivity contribution in [1.29, 1.82) is 0 Å². The summed E-state index contributed by atoms with van der Waals surface area (Å²) in [4.78, 5) is 18.4. The maximum absolute atomic E-state index is 10.2. The lowest BCUT2D eigenvalue weighted by Gasteiger charge is -2.08. The molecule has 2 aliphatic heterocycles. The van der Waals surface area contributed by atoms with E-state index in [0.717, 1.165) is 80.9 Å². The van der Waals surface area contributed by atoms with Crippen molar-refractivity contribution < 1.29 is 5.11 Å². The van der Waals surface area contributed by atoms with E-state index in [1.165, 1.54) is 71.0 Å². The molecule has 6 rings (SSSR count). The van der Waals surface area contributed by atoms with Crippen molar-refractivity contribution in [2.24, 2.45) is 0 Å². The number of H-pyrrole nitrogens is 2. The van der Waals surface area contributed by atoms with Crippen molar-refractivity contribution in [2.45, 2.75) is 107 Å². The quantitative estimate of drug-likeness (QED) is 0.162. The van der Waals surface area contributed by atoms with E-state index in [9.17, 15) is 5.11 Å². The molecule has 2 aliphatic rings. The first-order valence-electron chi connectivity index (χ1n) is 17.5. The summed E-state index contributed by atoms with van der Waals surface area (Å²) in [5, 5.41) is 10.2. The summed E-state index contributed by atoms with van der Waals surface area (Å²) in [6.45, 7) is 17.8. The van der Waals surface area contributed by atoms with E-state index >= 15 is 0 Å². The number of nitrogens with zero attached hydrogens (tertiary/aromatic N) is 2. The molecule has 5 heteroatoms. The molecule has 4 aromatic rings. The van der Waals surface area contributed by atoms with Crippen LogP contribution in [0.5, 0.6) is 5.75 Å². The van der Waals surface area contributed by atoms with E-state index in [0.29, 0.717) is 0 Å². The number of benzene rings is 1. The number of aromatic amines is 2. The minimum Gasteiger partial charge on any atom is -0.508 e. The lowest BCUT2D eigenvalue weighted by Crippen LogP contribution is -1.89. The average Bonchev–Trinajstić information content (AvgIpc) is 3.70. The van der Waals surface area contributed by atoms with Crippen molar-refractivity contribution in [3.05, 3.63) is 87.5 Å². The fourth-order valence-electron chi connectivity index (χ4n) is 7.16. The zero-order valence-corrected chi connectivity index (χ0v) is 29.5. The third-order valence-electron chi connectivity index (χ3n) is 10.5. The van der Waals surface area contributed by atoms with Gasteiger partial charge in [-0.25, -0.2) is 9.97 Å². The van der Waals surface area contributed by atoms with Gasteiger partial charge in [0, 0.05) is 22.1 Å². The van der Waals surface area contributed by atoms with E-state index in [2.05, 4.69) is 83.6 Å². The van der Waals surface area contributed by atoms with Crippen molar-refractivity contribution in [1.82, 2.24) is 19.9 Å². The van der Waals surface area contributed by atoms with Crippen LogP contribution in [0.1, 0.15) is 125 Å². The highest BCUT2D eigenvalue weighted by Gasteiger charge is 2.23. The Morgan fingerprint density at radius 3 is 1.96 bits per heavy atom. The van der Waals surface area contributed by atoms with E-state index in [1.807, 2.05) is 12.1 Å². The van der Waals surface area contributed by atoms with Crippen LogP contribution < -0.4 is 0 Å². The fraction of sp³-hybridized carbons (Fsp3) is 0.381. The molecule has 8 bridgehead atoms. The Hall–Kier alpha value is -4.38. The predicted octanol–water partition coefficient (Wildman–Crippen LogP) is 11.8. The van der Waals surface area contributed by atoms with Crippen LogP contribution in [0.25, 0.3) is 55.5 Å². The summed E-state index contributed by atoms with van der Waals surface area (Å²) in [5.74, 6) is 0.251. The minimum atomic E-state index is 0.251. The number of allylic oxidation sites excluding steroid dienone is 4. The van der Waals surface area contributed by atoms with E-state index < -0.39 is 0 Å². The summed E-state index contributed by atoms with van der Waals surface area (Å²) >= 11 is 0. The van der Waals surface area contributed by atoms with Crippen LogP contribution in [0.4, 0.5) is 0 Å². The van der Waals surface area contributed by atoms with Crippen molar-refractivity contribution in [2.75, 3.05) is 0 Å². The van der Waals surface area contributed by atoms with Crippen LogP contribution in [-0.4, -0.2) is 25.0 Å². The number of hydrogen-bond acceptors (Lipinski definition) is 3. The number of aromatic hydroxyl groups is 1. The molecule has 244 valence electrons. The van der Waals surface area contributed by atoms with Gasteiger partial charge in [0.2, 0.25) is 0 Å². The maximum atomic E-state index is 10.2. The molecule has 0 saturated carbocycles. The number of phenolic OH excluding ortho intramolecular Hbond substituents is 1. The normalized spacial score (nSPS) is 13.3. The Bertz CT molecular complexity index is 2070. The van der Waals surface area contributed by atoms with Gasteiger partial charge in [-0.1, -0.05) is 51.7 Å². The number of phenols is 1. The lowest BCUT2D eigenvalue weighted by molar-refractivity contribution is 0.475. The van der Waals surface area contributed by atoms with Gasteiger partial charge < -0.3 is 15.1 Å². The van der Waals surface area contributed by atoms with Crippen LogP contribution in [0.15, 0.2) is 42.5 Å². The number of aromatic nitrogens is 4. The predicted molar refractivity (Wildman–Crippen MR) is 200 cm³/mol. The summed E-state index contributed by atoms with van der Waals surface area (Å²) in [6.07, 6.45) is 9.23. The molecule has 1 aromatic carbocycles. The van der Waals surface area contributed by atoms with Gasteiger partial charge in [-0.05, 0) is 148 Å². The van der Waals surface area contributed by atoms with Gasteiger partial charge in [0.05, 0.1) is 28.3 Å². The number of hydrogen-bond donors (Lipinski definition) is 3. The second kappa shape index (κ2) is 13.4. The van der Waals surface area contributed by atoms with E-state index in [1.54, 1.807) is 12.1 Å². The Labute approximate surface area is 279 Å². The van der Waals surface area contributed by atoms with Gasteiger partial charge >= 0.3 is 0 Å². The standard InChI is InChI=1S/C42H50N4O/c1-9-11-13-15-32-28(7)36-21-34-24(3)26(5)41(45-34)40(30-17-19-31(47)20-18-30)42-27(6)25(4)35(46-42)22-37-29(8)33(16-14-12-10-2)39(44-37)23-38(32)43-36/h17-23,43,45,47H,9-16H2,1-8H3. The van der Waals surface area contributed by atoms with Crippen LogP contribution >= 0.6 is 0 Å². The highest BCUT2D eigenvalue weighted by molar-refractivity contribution is 6.01. The van der Waals surface area contributed by atoms with Crippen LogP contribution in [0, 0.1) is 20.8 Å². The third-order valence-corrected chi connectivity index (χ3v) is 10.5. The third kappa shape index (κ3) is 6.08. The molecule has 3 aromatic heterocycles. The Morgan fingerprint density at radius 2 is 1.26 bits per heavy atom. The monoisotopic (exact) mass is 626 g/mol. The Morgan fingerprint density at radius 1 is 0.596 bits per heavy atom. The van der Waals surface area contributed by atoms with Gasteiger partial charge in [0.1, 0.15) is 5.75 Å². The van der Waals surface area contributed by atoms with Crippen LogP contribution in [-0.2, 0) is 6.42 Å². The summed E-state index contributed by atoms with van der Waals surface area (Å²) < 4.78 is 0. The molecule has 0 fully saturated rings. The zero-order chi connectivity index (χ0) is 33.4. The minimum absolute atomic E-state index is 0.251. The van der Waals surface area contributed by atoms with Crippen molar-refractivity contribution >= 4 is 44.4 Å². The van der Waals surface area contributed by atoms with Crippen molar-refractivity contribution in [3.8, 4) is 16.9 Å². The highest BCUT2D eigenvalue weighted by Crippen LogP contribution is 2.41. The number of aryl methyl sites for hydroxylation is 4. The number of unbranched alkanes of at least 4 members (excludes halogenated alkanes) is 4. The first-order valence-corrected chi connectivity index (χ1v) is 17.5. The maximum Gasteiger partial charge on any atom is 0.115 e. The smallest absolute Gasteiger partial charge is 0.115 e. The van der Waals surface area contributed by atoms with Crippen molar-refractivity contribution in [3.63, 3.8) is 0 Å². The zero-order valence-electron chi connectivity index (χ0n) is 29.5. The Balaban J connectivity index is 1.77. The van der Waals surface area contributed by atoms with Crippen LogP contribution in [0.3, 0.4) is 0 Å². The van der Waals surface area contributed by atoms with Gasteiger partial charge in [-0.15, -0.1) is 0 Å². The topological polar surface area (TPSA) is 77.6 Å². The van der Waals surface area contributed by atoms with Gasteiger partial charge in [0.15, 0.2) is 0 Å². The largest absolute Gasteiger partial charge is 0.508 e. The lowest BCUT2D eigenvalue weighted by atomic mass is 9.97. The van der Waals surface area contributed by atoms with Crippen LogP contribution in [0.2, 0.25) is 0 Å². The molecule has 0 unspecified atom stereocenters. The summed E-state index contributed by atoms with van der Waals surface area (Å²) in [7, 11) is 0. The molecule has 0 radical (unpaired) electrons. The molecule has 0 spiro atoms. The number of nitrogens with one attached hydrogen (secondary N) is 2. The molecule has 0 saturated heterocycles. The molecule has 5 heterocycles. The SMILES string of the molecule is CCCCCC1=C(C)c2cc3nc(c(-c4ccc(O)cc4)c4[nH]c(cc5[nH]c(cc1n2)c(CCCCC)c5C)c(C)c4C)C(C)=C3C. The number of fused-ring (bicyclic) bond motifs is 8. The van der Waals surface area contributed by atoms with Gasteiger partial charge in [-0.3, -0.25) is 0 Å². The first-order chi connectivity index (χ1) is 22.6. The molecular weight excluding hydrogens is 576 g/mol. The summed E-state index contributed by atoms with van der Waals surface area (Å²) in [6, 6.07) is 14.3. The second-order valence-electron chi connectivity index (χ2n) is 13.6. The highest BCUT2D eigenvalue weighted by atomic mass is 16.3. The average molecular weight is 627 g/mol. The molecule has 0 amide bonds. The second-order valence-corrected chi connectivity index (χ2v) is 13.6. The first kappa shape index (κ1) is 32.6. The molecule has 47 heavy (non-hydrogen) atoms. The van der Waals surface area contributed by atoms with E-state index in [-0.39, 0.29) is 5.75 Å². The van der Waals surface area contributed by atoms with Gasteiger partial charge in [0.25, 0.3) is 0 Å². The van der Waals surface area contributed by atoms with Gasteiger partial charge in [-0.2, -0.15) is 0 Å². The molecular formula is C42H50N4O. The number of rotatable bonds is 9. The fourth-order valence-corrected chi connectivity index (χ4v) is 7.16. The molecule has 5 nitrogen and oxygen atoms in total.